The maximum atomic E-state index is 12.8. The number of benzene rings is 2. The van der Waals surface area contributed by atoms with Crippen LogP contribution in [0.1, 0.15) is 11.1 Å². The molecule has 0 aromatic heterocycles. The van der Waals surface area contributed by atoms with Crippen LogP contribution in [0.2, 0.25) is 0 Å². The van der Waals surface area contributed by atoms with E-state index in [9.17, 15) is 13.2 Å². The molecule has 25 heavy (non-hydrogen) atoms. The second-order valence-corrected chi connectivity index (χ2v) is 5.84. The topological polar surface area (TPSA) is 50.8 Å². The molecule has 2 N–H and O–H groups in total. The van der Waals surface area contributed by atoms with E-state index < -0.39 is 11.7 Å². The van der Waals surface area contributed by atoms with Gasteiger partial charge in [-0.05, 0) is 29.8 Å². The minimum Gasteiger partial charge on any atom is -0.463 e. The van der Waals surface area contributed by atoms with Crippen molar-refractivity contribution in [3.05, 3.63) is 65.7 Å². The number of hydrogen-bond acceptors (Lipinski definition) is 4. The van der Waals surface area contributed by atoms with Crippen LogP contribution in [0.4, 0.5) is 18.9 Å². The molecule has 4 nitrogen and oxygen atoms in total. The summed E-state index contributed by atoms with van der Waals surface area (Å²) in [6.45, 7) is 1.43. The number of rotatable bonds is 5. The fourth-order valence-corrected chi connectivity index (χ4v) is 2.71. The molecule has 0 aliphatic carbocycles. The molecule has 0 bridgehead atoms. The number of amidine groups is 1. The molecule has 1 aliphatic rings. The second-order valence-electron chi connectivity index (χ2n) is 5.84. The number of aliphatic imine (C=N–C) groups is 1. The minimum absolute atomic E-state index is 0.147. The molecule has 132 valence electrons. The van der Waals surface area contributed by atoms with Crippen molar-refractivity contribution in [2.45, 2.75) is 18.8 Å². The number of nitrogens with zero attached hydrogens (tertiary/aromatic N) is 2. The van der Waals surface area contributed by atoms with Crippen LogP contribution in [0.15, 0.2) is 59.6 Å². The summed E-state index contributed by atoms with van der Waals surface area (Å²) in [5.41, 5.74) is 6.63. The van der Waals surface area contributed by atoms with E-state index in [0.717, 1.165) is 17.7 Å². The Kier molecular flexibility index (Phi) is 4.83. The van der Waals surface area contributed by atoms with Gasteiger partial charge in [0.25, 0.3) is 6.02 Å². The molecular weight excluding hydrogens is 331 g/mol. The maximum Gasteiger partial charge on any atom is 0.416 e. The zero-order valence-electron chi connectivity index (χ0n) is 13.4. The van der Waals surface area contributed by atoms with Crippen LogP contribution in [-0.4, -0.2) is 25.2 Å². The van der Waals surface area contributed by atoms with Gasteiger partial charge in [-0.1, -0.05) is 30.3 Å². The van der Waals surface area contributed by atoms with E-state index in [4.69, 9.17) is 10.5 Å². The molecule has 0 amide bonds. The minimum atomic E-state index is -4.35. The van der Waals surface area contributed by atoms with Crippen molar-refractivity contribution in [1.82, 2.24) is 0 Å². The molecule has 7 heteroatoms. The van der Waals surface area contributed by atoms with Crippen LogP contribution >= 0.6 is 0 Å². The Morgan fingerprint density at radius 3 is 2.32 bits per heavy atom. The van der Waals surface area contributed by atoms with Gasteiger partial charge >= 0.3 is 6.18 Å². The van der Waals surface area contributed by atoms with Crippen molar-refractivity contribution >= 4 is 11.7 Å². The van der Waals surface area contributed by atoms with E-state index in [1.54, 1.807) is 0 Å². The zero-order chi connectivity index (χ0) is 17.9. The normalized spacial score (nSPS) is 17.1. The number of halogens is 3. The van der Waals surface area contributed by atoms with Crippen molar-refractivity contribution in [3.8, 4) is 0 Å². The molecule has 1 aliphatic heterocycles. The lowest BCUT2D eigenvalue weighted by Gasteiger charge is -2.27. The summed E-state index contributed by atoms with van der Waals surface area (Å²) in [4.78, 5) is 6.18. The van der Waals surface area contributed by atoms with Gasteiger partial charge in [0.15, 0.2) is 0 Å². The van der Waals surface area contributed by atoms with Crippen LogP contribution in [-0.2, 0) is 17.5 Å². The largest absolute Gasteiger partial charge is 0.463 e. The van der Waals surface area contributed by atoms with E-state index in [1.165, 1.54) is 12.1 Å². The summed E-state index contributed by atoms with van der Waals surface area (Å²) in [5, 5.41) is 0. The van der Waals surface area contributed by atoms with E-state index in [1.807, 2.05) is 35.2 Å². The standard InChI is InChI=1S/C18H18F3N3O/c19-18(20,21)14-6-8-16(9-7-14)24(10-13-4-2-1-3-5-13)11-15-12-25-17(22)23-15/h1-9,15H,10-12H2,(H2,22,23)/t15-/m0/s1. The van der Waals surface area contributed by atoms with Crippen LogP contribution in [0, 0.1) is 0 Å². The average Bonchev–Trinajstić information content (AvgIpc) is 3.00. The Hall–Kier alpha value is -2.70. The highest BCUT2D eigenvalue weighted by molar-refractivity contribution is 5.73. The van der Waals surface area contributed by atoms with Crippen LogP contribution in [0.3, 0.4) is 0 Å². The summed E-state index contributed by atoms with van der Waals surface area (Å²) < 4.78 is 43.5. The number of nitrogens with two attached hydrogens (primary N) is 1. The van der Waals surface area contributed by atoms with Gasteiger partial charge in [-0.2, -0.15) is 13.2 Å². The van der Waals surface area contributed by atoms with Crippen molar-refractivity contribution in [2.24, 2.45) is 10.7 Å². The highest BCUT2D eigenvalue weighted by atomic mass is 19.4. The zero-order valence-corrected chi connectivity index (χ0v) is 13.4. The van der Waals surface area contributed by atoms with Crippen LogP contribution in [0.25, 0.3) is 0 Å². The lowest BCUT2D eigenvalue weighted by atomic mass is 10.1. The van der Waals surface area contributed by atoms with Gasteiger partial charge in [-0.3, -0.25) is 0 Å². The Morgan fingerprint density at radius 1 is 1.08 bits per heavy atom. The van der Waals surface area contributed by atoms with Crippen LogP contribution < -0.4 is 10.6 Å². The third kappa shape index (κ3) is 4.43. The molecule has 0 saturated carbocycles. The monoisotopic (exact) mass is 349 g/mol. The van der Waals surface area contributed by atoms with E-state index in [-0.39, 0.29) is 12.1 Å². The third-order valence-electron chi connectivity index (χ3n) is 3.94. The first-order valence-electron chi connectivity index (χ1n) is 7.84. The molecule has 0 radical (unpaired) electrons. The van der Waals surface area contributed by atoms with Crippen molar-refractivity contribution in [2.75, 3.05) is 18.1 Å². The lowest BCUT2D eigenvalue weighted by Crippen LogP contribution is -2.32. The van der Waals surface area contributed by atoms with Gasteiger partial charge < -0.3 is 15.4 Å². The summed E-state index contributed by atoms with van der Waals surface area (Å²) in [5.74, 6) is 0. The fraction of sp³-hybridized carbons (Fsp3) is 0.278. The number of hydrogen-bond donors (Lipinski definition) is 1. The highest BCUT2D eigenvalue weighted by Crippen LogP contribution is 2.31. The predicted molar refractivity (Wildman–Crippen MR) is 90.3 cm³/mol. The number of ether oxygens (including phenoxy) is 1. The van der Waals surface area contributed by atoms with Crippen molar-refractivity contribution in [1.29, 1.82) is 0 Å². The molecule has 0 unspecified atom stereocenters. The van der Waals surface area contributed by atoms with E-state index in [2.05, 4.69) is 4.99 Å². The molecule has 0 saturated heterocycles. The van der Waals surface area contributed by atoms with Gasteiger partial charge in [-0.25, -0.2) is 4.99 Å². The molecule has 2 aromatic carbocycles. The van der Waals surface area contributed by atoms with Gasteiger partial charge in [0.05, 0.1) is 5.56 Å². The molecular formula is C18H18F3N3O. The maximum absolute atomic E-state index is 12.8. The lowest BCUT2D eigenvalue weighted by molar-refractivity contribution is -0.137. The van der Waals surface area contributed by atoms with E-state index in [0.29, 0.717) is 25.4 Å². The molecule has 0 spiro atoms. The quantitative estimate of drug-likeness (QED) is 0.900. The summed E-state index contributed by atoms with van der Waals surface area (Å²) in [6.07, 6.45) is -4.35. The summed E-state index contributed by atoms with van der Waals surface area (Å²) in [6, 6.07) is 14.9. The van der Waals surface area contributed by atoms with Gasteiger partial charge in [-0.15, -0.1) is 0 Å². The van der Waals surface area contributed by atoms with Gasteiger partial charge in [0.2, 0.25) is 0 Å². The molecule has 1 atom stereocenters. The number of anilines is 1. The molecule has 1 heterocycles. The first kappa shape index (κ1) is 17.1. The predicted octanol–water partition coefficient (Wildman–Crippen LogP) is 3.43. The summed E-state index contributed by atoms with van der Waals surface area (Å²) in [7, 11) is 0. The van der Waals surface area contributed by atoms with Crippen molar-refractivity contribution in [3.63, 3.8) is 0 Å². The fourth-order valence-electron chi connectivity index (χ4n) is 2.71. The average molecular weight is 349 g/mol. The number of alkyl halides is 3. The first-order valence-corrected chi connectivity index (χ1v) is 7.84. The Morgan fingerprint density at radius 2 is 1.76 bits per heavy atom. The Balaban J connectivity index is 1.82. The summed E-state index contributed by atoms with van der Waals surface area (Å²) >= 11 is 0. The Bertz CT molecular complexity index is 729. The molecule has 2 aromatic rings. The van der Waals surface area contributed by atoms with E-state index >= 15 is 0 Å². The first-order chi connectivity index (χ1) is 11.9. The second kappa shape index (κ2) is 7.04. The SMILES string of the molecule is NC1=N[C@@H](CN(Cc2ccccc2)c2ccc(C(F)(F)F)cc2)CO1. The highest BCUT2D eigenvalue weighted by Gasteiger charge is 2.30. The van der Waals surface area contributed by atoms with Crippen molar-refractivity contribution < 1.29 is 17.9 Å². The molecule has 3 rings (SSSR count). The van der Waals surface area contributed by atoms with Gasteiger partial charge in [0, 0.05) is 18.8 Å². The molecule has 0 fully saturated rings. The van der Waals surface area contributed by atoms with Crippen LogP contribution in [0.5, 0.6) is 0 Å². The Labute approximate surface area is 143 Å². The smallest absolute Gasteiger partial charge is 0.416 e. The van der Waals surface area contributed by atoms with Gasteiger partial charge in [0.1, 0.15) is 12.6 Å². The third-order valence-corrected chi connectivity index (χ3v) is 3.94.